The van der Waals surface area contributed by atoms with Gasteiger partial charge >= 0.3 is 5.63 Å². The van der Waals surface area contributed by atoms with Gasteiger partial charge in [0.1, 0.15) is 5.76 Å². The Hall–Kier alpha value is -1.22. The Morgan fingerprint density at radius 3 is 3.25 bits per heavy atom. The summed E-state index contributed by atoms with van der Waals surface area (Å²) in [5.41, 5.74) is 2.98. The van der Waals surface area contributed by atoms with Crippen molar-refractivity contribution in [2.24, 2.45) is 5.92 Å². The normalized spacial score (nSPS) is 22.3. The summed E-state index contributed by atoms with van der Waals surface area (Å²) in [7, 11) is 0. The average Bonchev–Trinajstić information content (AvgIpc) is 2.28. The van der Waals surface area contributed by atoms with Crippen LogP contribution >= 0.6 is 11.8 Å². The lowest BCUT2D eigenvalue weighted by atomic mass is 9.86. The van der Waals surface area contributed by atoms with Gasteiger partial charge in [0.05, 0.1) is 0 Å². The molecule has 0 fully saturated rings. The first kappa shape index (κ1) is 9.97. The predicted molar refractivity (Wildman–Crippen MR) is 67.3 cm³/mol. The van der Waals surface area contributed by atoms with Gasteiger partial charge in [-0.05, 0) is 30.1 Å². The molecule has 0 saturated heterocycles. The standard InChI is InChI=1S/C13H12O2S/c1-8-6-12(14)15-13-10(8)3-2-9-4-5-16-7-11(9)13/h2-3,6-7,9H,4-5H2,1H3. The molecule has 1 aliphatic heterocycles. The van der Waals surface area contributed by atoms with Crippen molar-refractivity contribution in [3.05, 3.63) is 44.9 Å². The van der Waals surface area contributed by atoms with Crippen LogP contribution in [0.2, 0.25) is 0 Å². The first-order valence-corrected chi connectivity index (χ1v) is 6.45. The lowest BCUT2D eigenvalue weighted by Crippen LogP contribution is -2.14. The summed E-state index contributed by atoms with van der Waals surface area (Å²) in [6.07, 6.45) is 5.44. The molecule has 0 bridgehead atoms. The third kappa shape index (κ3) is 1.47. The highest BCUT2D eigenvalue weighted by Gasteiger charge is 2.25. The van der Waals surface area contributed by atoms with Crippen LogP contribution in [-0.2, 0) is 0 Å². The number of thioether (sulfide) groups is 1. The van der Waals surface area contributed by atoms with Crippen molar-refractivity contribution in [3.8, 4) is 0 Å². The Kier molecular flexibility index (Phi) is 2.28. The second-order valence-corrected chi connectivity index (χ2v) is 5.17. The van der Waals surface area contributed by atoms with E-state index < -0.39 is 0 Å². The molecule has 3 rings (SSSR count). The monoisotopic (exact) mass is 232 g/mol. The van der Waals surface area contributed by atoms with Crippen LogP contribution < -0.4 is 5.63 Å². The summed E-state index contributed by atoms with van der Waals surface area (Å²) < 4.78 is 5.36. The van der Waals surface area contributed by atoms with Crippen molar-refractivity contribution < 1.29 is 4.42 Å². The van der Waals surface area contributed by atoms with Crippen LogP contribution in [-0.4, -0.2) is 5.75 Å². The first-order valence-electron chi connectivity index (χ1n) is 5.41. The molecule has 1 unspecified atom stereocenters. The fourth-order valence-electron chi connectivity index (χ4n) is 2.26. The quantitative estimate of drug-likeness (QED) is 0.688. The van der Waals surface area contributed by atoms with Gasteiger partial charge in [0.25, 0.3) is 0 Å². The highest BCUT2D eigenvalue weighted by Crippen LogP contribution is 2.40. The summed E-state index contributed by atoms with van der Waals surface area (Å²) in [4.78, 5) is 11.4. The molecule has 1 aromatic heterocycles. The Morgan fingerprint density at radius 1 is 1.50 bits per heavy atom. The summed E-state index contributed by atoms with van der Waals surface area (Å²) in [6.45, 7) is 1.96. The molecule has 82 valence electrons. The van der Waals surface area contributed by atoms with Crippen LogP contribution in [0.3, 0.4) is 0 Å². The number of allylic oxidation sites excluding steroid dienone is 2. The van der Waals surface area contributed by atoms with E-state index in [0.29, 0.717) is 5.92 Å². The SMILES string of the molecule is Cc1cc(=O)oc2c1C=CC1CCSC=C21. The van der Waals surface area contributed by atoms with Gasteiger partial charge in [-0.2, -0.15) is 0 Å². The Labute approximate surface area is 98.0 Å². The molecule has 2 nitrogen and oxygen atoms in total. The molecule has 0 spiro atoms. The van der Waals surface area contributed by atoms with E-state index in [9.17, 15) is 4.79 Å². The summed E-state index contributed by atoms with van der Waals surface area (Å²) in [5.74, 6) is 2.35. The fourth-order valence-corrected chi connectivity index (χ4v) is 3.23. The summed E-state index contributed by atoms with van der Waals surface area (Å²) >= 11 is 1.80. The zero-order valence-corrected chi connectivity index (χ0v) is 9.84. The number of aryl methyl sites for hydroxylation is 1. The van der Waals surface area contributed by atoms with Crippen LogP contribution in [0.5, 0.6) is 0 Å². The zero-order chi connectivity index (χ0) is 11.1. The van der Waals surface area contributed by atoms with Crippen molar-refractivity contribution in [2.75, 3.05) is 5.75 Å². The summed E-state index contributed by atoms with van der Waals surface area (Å²) in [6, 6.07) is 1.56. The third-order valence-corrected chi connectivity index (χ3v) is 4.01. The van der Waals surface area contributed by atoms with Crippen molar-refractivity contribution in [1.82, 2.24) is 0 Å². The number of rotatable bonds is 0. The Balaban J connectivity index is 2.27. The van der Waals surface area contributed by atoms with Crippen LogP contribution in [0.1, 0.15) is 23.3 Å². The Morgan fingerprint density at radius 2 is 2.38 bits per heavy atom. The molecule has 1 aromatic rings. The maximum Gasteiger partial charge on any atom is 0.336 e. The molecule has 3 heteroatoms. The average molecular weight is 232 g/mol. The maximum absolute atomic E-state index is 11.4. The maximum atomic E-state index is 11.4. The molecule has 2 aliphatic rings. The highest BCUT2D eigenvalue weighted by molar-refractivity contribution is 8.02. The second kappa shape index (κ2) is 3.67. The fraction of sp³-hybridized carbons (Fsp3) is 0.308. The van der Waals surface area contributed by atoms with Crippen molar-refractivity contribution in [1.29, 1.82) is 0 Å². The predicted octanol–water partition coefficient (Wildman–Crippen LogP) is 3.07. The number of hydrogen-bond donors (Lipinski definition) is 0. The van der Waals surface area contributed by atoms with Gasteiger partial charge in [-0.3, -0.25) is 0 Å². The molecule has 0 amide bonds. The van der Waals surface area contributed by atoms with E-state index in [1.165, 1.54) is 5.57 Å². The molecule has 0 radical (unpaired) electrons. The van der Waals surface area contributed by atoms with E-state index in [1.54, 1.807) is 17.8 Å². The van der Waals surface area contributed by atoms with E-state index in [4.69, 9.17) is 4.42 Å². The lowest BCUT2D eigenvalue weighted by molar-refractivity contribution is 0.486. The molecule has 1 aliphatic carbocycles. The molecular formula is C13H12O2S. The molecule has 2 heterocycles. The van der Waals surface area contributed by atoms with Crippen molar-refractivity contribution >= 4 is 23.4 Å². The van der Waals surface area contributed by atoms with E-state index in [0.717, 1.165) is 29.1 Å². The van der Waals surface area contributed by atoms with E-state index in [2.05, 4.69) is 17.6 Å². The number of fused-ring (bicyclic) bond motifs is 3. The molecule has 0 aromatic carbocycles. The van der Waals surface area contributed by atoms with Crippen LogP contribution in [0.4, 0.5) is 0 Å². The van der Waals surface area contributed by atoms with Crippen LogP contribution in [0.25, 0.3) is 11.6 Å². The third-order valence-electron chi connectivity index (χ3n) is 3.12. The van der Waals surface area contributed by atoms with Gasteiger partial charge in [0, 0.05) is 23.1 Å². The van der Waals surface area contributed by atoms with E-state index in [-0.39, 0.29) is 5.63 Å². The van der Waals surface area contributed by atoms with Gasteiger partial charge < -0.3 is 4.42 Å². The van der Waals surface area contributed by atoms with Gasteiger partial charge in [-0.15, -0.1) is 11.8 Å². The van der Waals surface area contributed by atoms with Gasteiger partial charge in [-0.25, -0.2) is 4.79 Å². The Bertz CT molecular complexity index is 552. The van der Waals surface area contributed by atoms with Gasteiger partial charge in [-0.1, -0.05) is 12.2 Å². The molecule has 1 atom stereocenters. The molecule has 0 saturated carbocycles. The molecular weight excluding hydrogens is 220 g/mol. The van der Waals surface area contributed by atoms with E-state index >= 15 is 0 Å². The van der Waals surface area contributed by atoms with Crippen molar-refractivity contribution in [2.45, 2.75) is 13.3 Å². The minimum Gasteiger partial charge on any atom is -0.422 e. The van der Waals surface area contributed by atoms with Crippen LogP contribution in [0.15, 0.2) is 26.8 Å². The first-order chi connectivity index (χ1) is 7.75. The van der Waals surface area contributed by atoms with E-state index in [1.807, 2.05) is 6.92 Å². The second-order valence-electron chi connectivity index (χ2n) is 4.19. The largest absolute Gasteiger partial charge is 0.422 e. The molecule has 0 N–H and O–H groups in total. The number of hydrogen-bond acceptors (Lipinski definition) is 3. The van der Waals surface area contributed by atoms with Crippen LogP contribution in [0, 0.1) is 12.8 Å². The zero-order valence-electron chi connectivity index (χ0n) is 9.03. The minimum atomic E-state index is -0.248. The topological polar surface area (TPSA) is 30.2 Å². The van der Waals surface area contributed by atoms with Crippen molar-refractivity contribution in [3.63, 3.8) is 0 Å². The smallest absolute Gasteiger partial charge is 0.336 e. The van der Waals surface area contributed by atoms with Gasteiger partial charge in [0.2, 0.25) is 0 Å². The lowest BCUT2D eigenvalue weighted by Gasteiger charge is -2.25. The highest BCUT2D eigenvalue weighted by atomic mass is 32.2. The molecule has 16 heavy (non-hydrogen) atoms. The summed E-state index contributed by atoms with van der Waals surface area (Å²) in [5, 5.41) is 2.14. The minimum absolute atomic E-state index is 0.248. The van der Waals surface area contributed by atoms with Gasteiger partial charge in [0.15, 0.2) is 0 Å².